The molecule has 4 rings (SSSR count). The molecule has 0 atom stereocenters. The first-order valence-electron chi connectivity index (χ1n) is 7.42. The van der Waals surface area contributed by atoms with E-state index in [2.05, 4.69) is 63.2 Å². The number of aromatic nitrogens is 3. The molecule has 0 fully saturated rings. The van der Waals surface area contributed by atoms with Crippen molar-refractivity contribution in [2.75, 3.05) is 5.32 Å². The van der Waals surface area contributed by atoms with Crippen LogP contribution in [0.5, 0.6) is 0 Å². The molecule has 5 heteroatoms. The van der Waals surface area contributed by atoms with Gasteiger partial charge in [-0.25, -0.2) is 9.97 Å². The minimum Gasteiger partial charge on any atom is -0.338 e. The minimum absolute atomic E-state index is 0.820. The van der Waals surface area contributed by atoms with E-state index < -0.39 is 0 Å². The summed E-state index contributed by atoms with van der Waals surface area (Å²) in [7, 11) is 0. The number of benzene rings is 1. The minimum atomic E-state index is 0.820. The van der Waals surface area contributed by atoms with E-state index >= 15 is 0 Å². The zero-order valence-electron chi connectivity index (χ0n) is 12.9. The van der Waals surface area contributed by atoms with E-state index in [0.29, 0.717) is 0 Å². The van der Waals surface area contributed by atoms with Crippen LogP contribution in [0, 0.1) is 13.8 Å². The van der Waals surface area contributed by atoms with Crippen molar-refractivity contribution in [3.05, 3.63) is 65.6 Å². The fraction of sp³-hybridized carbons (Fsp3) is 0.111. The number of fused-ring (bicyclic) bond motifs is 1. The van der Waals surface area contributed by atoms with Crippen LogP contribution in [0.4, 0.5) is 11.5 Å². The van der Waals surface area contributed by atoms with Gasteiger partial charge in [-0.2, -0.15) is 0 Å². The number of rotatable bonds is 3. The van der Waals surface area contributed by atoms with Crippen LogP contribution in [0.3, 0.4) is 0 Å². The highest BCUT2D eigenvalue weighted by Crippen LogP contribution is 2.30. The fourth-order valence-corrected chi connectivity index (χ4v) is 3.48. The summed E-state index contributed by atoms with van der Waals surface area (Å²) >= 11 is 1.70. The number of anilines is 2. The van der Waals surface area contributed by atoms with Crippen LogP contribution in [0.15, 0.2) is 54.4 Å². The largest absolute Gasteiger partial charge is 0.338 e. The van der Waals surface area contributed by atoms with Crippen molar-refractivity contribution >= 4 is 28.4 Å². The fourth-order valence-electron chi connectivity index (χ4n) is 2.75. The van der Waals surface area contributed by atoms with Gasteiger partial charge in [0, 0.05) is 5.69 Å². The van der Waals surface area contributed by atoms with Gasteiger partial charge in [-0.3, -0.25) is 4.40 Å². The molecular weight excluding hydrogens is 304 g/mol. The van der Waals surface area contributed by atoms with E-state index in [0.717, 1.165) is 22.7 Å². The molecule has 0 unspecified atom stereocenters. The van der Waals surface area contributed by atoms with Gasteiger partial charge in [-0.05, 0) is 36.4 Å². The van der Waals surface area contributed by atoms with Crippen LogP contribution in [0.2, 0.25) is 0 Å². The van der Waals surface area contributed by atoms with Crippen LogP contribution in [-0.4, -0.2) is 14.4 Å². The summed E-state index contributed by atoms with van der Waals surface area (Å²) in [5, 5.41) is 5.54. The Morgan fingerprint density at radius 3 is 2.61 bits per heavy atom. The van der Waals surface area contributed by atoms with Crippen LogP contribution < -0.4 is 5.32 Å². The predicted octanol–water partition coefficient (Wildman–Crippen LogP) is 4.82. The normalized spacial score (nSPS) is 11.0. The molecule has 0 spiro atoms. The van der Waals surface area contributed by atoms with E-state index in [1.807, 2.05) is 24.8 Å². The zero-order chi connectivity index (χ0) is 15.8. The number of hydrogen-bond donors (Lipinski definition) is 1. The first-order valence-corrected chi connectivity index (χ1v) is 8.30. The predicted molar refractivity (Wildman–Crippen MR) is 95.5 cm³/mol. The third kappa shape index (κ3) is 2.39. The molecule has 0 bridgehead atoms. The molecule has 23 heavy (non-hydrogen) atoms. The molecule has 4 aromatic rings. The molecule has 1 aromatic carbocycles. The quantitative estimate of drug-likeness (QED) is 0.588. The number of imidazole rings is 1. The Kier molecular flexibility index (Phi) is 3.35. The molecule has 0 aliphatic rings. The summed E-state index contributed by atoms with van der Waals surface area (Å²) in [6.45, 7) is 4.20. The Labute approximate surface area is 138 Å². The summed E-state index contributed by atoms with van der Waals surface area (Å²) in [6.07, 6.45) is 5.58. The standard InChI is InChI=1S/C18H16N4S/c1-12-5-3-6-13(2)17(12)21-18-15-9-19-11-22(15)14(10-20-18)16-7-4-8-23-16/h3-11H,1-2H3,(H,20,21). The third-order valence-electron chi connectivity index (χ3n) is 3.95. The maximum absolute atomic E-state index is 4.65. The molecule has 3 aromatic heterocycles. The van der Waals surface area contributed by atoms with Gasteiger partial charge in [0.2, 0.25) is 0 Å². The molecule has 0 saturated heterocycles. The summed E-state index contributed by atoms with van der Waals surface area (Å²) < 4.78 is 2.08. The highest BCUT2D eigenvalue weighted by molar-refractivity contribution is 7.13. The average Bonchev–Trinajstić information content (AvgIpc) is 3.22. The molecule has 0 amide bonds. The summed E-state index contributed by atoms with van der Waals surface area (Å²) in [4.78, 5) is 10.1. The Bertz CT molecular complexity index is 950. The van der Waals surface area contributed by atoms with Crippen LogP contribution in [0.1, 0.15) is 11.1 Å². The van der Waals surface area contributed by atoms with Crippen molar-refractivity contribution in [1.29, 1.82) is 0 Å². The topological polar surface area (TPSA) is 42.2 Å². The van der Waals surface area contributed by atoms with Crippen molar-refractivity contribution in [3.8, 4) is 10.6 Å². The maximum Gasteiger partial charge on any atom is 0.156 e. The Morgan fingerprint density at radius 2 is 1.87 bits per heavy atom. The van der Waals surface area contributed by atoms with Crippen LogP contribution >= 0.6 is 11.3 Å². The molecule has 0 aliphatic carbocycles. The molecule has 0 radical (unpaired) electrons. The second-order valence-electron chi connectivity index (χ2n) is 5.51. The van der Waals surface area contributed by atoms with Gasteiger partial charge >= 0.3 is 0 Å². The van der Waals surface area contributed by atoms with Gasteiger partial charge in [0.1, 0.15) is 5.52 Å². The van der Waals surface area contributed by atoms with Gasteiger partial charge in [-0.15, -0.1) is 11.3 Å². The Morgan fingerprint density at radius 1 is 1.04 bits per heavy atom. The summed E-state index contributed by atoms with van der Waals surface area (Å²) in [5.74, 6) is 0.820. The molecule has 1 N–H and O–H groups in total. The molecule has 114 valence electrons. The maximum atomic E-state index is 4.65. The lowest BCUT2D eigenvalue weighted by Crippen LogP contribution is -2.01. The lowest BCUT2D eigenvalue weighted by Gasteiger charge is -2.14. The Balaban J connectivity index is 1.84. The smallest absolute Gasteiger partial charge is 0.156 e. The van der Waals surface area contributed by atoms with Crippen molar-refractivity contribution in [3.63, 3.8) is 0 Å². The van der Waals surface area contributed by atoms with Crippen LogP contribution in [0.25, 0.3) is 16.1 Å². The second kappa shape index (κ2) is 5.52. The Hall–Kier alpha value is -2.66. The van der Waals surface area contributed by atoms with E-state index in [-0.39, 0.29) is 0 Å². The van der Waals surface area contributed by atoms with Crippen molar-refractivity contribution in [1.82, 2.24) is 14.4 Å². The number of aryl methyl sites for hydroxylation is 2. The number of para-hydroxylation sites is 1. The first-order chi connectivity index (χ1) is 11.2. The molecule has 3 heterocycles. The van der Waals surface area contributed by atoms with Gasteiger partial charge in [-0.1, -0.05) is 24.3 Å². The lowest BCUT2D eigenvalue weighted by atomic mass is 10.1. The van der Waals surface area contributed by atoms with E-state index in [1.165, 1.54) is 16.0 Å². The molecule has 0 saturated carbocycles. The monoisotopic (exact) mass is 320 g/mol. The van der Waals surface area contributed by atoms with E-state index in [9.17, 15) is 0 Å². The molecule has 0 aliphatic heterocycles. The summed E-state index contributed by atoms with van der Waals surface area (Å²) in [5.41, 5.74) is 5.53. The summed E-state index contributed by atoms with van der Waals surface area (Å²) in [6, 6.07) is 10.4. The third-order valence-corrected chi connectivity index (χ3v) is 4.85. The number of thiophene rings is 1. The van der Waals surface area contributed by atoms with Gasteiger partial charge in [0.25, 0.3) is 0 Å². The van der Waals surface area contributed by atoms with E-state index in [1.54, 1.807) is 11.3 Å². The molecular formula is C18H16N4S. The molecule has 4 nitrogen and oxygen atoms in total. The SMILES string of the molecule is Cc1cccc(C)c1Nc1ncc(-c2cccs2)n2cncc12. The van der Waals surface area contributed by atoms with Gasteiger partial charge in [0.05, 0.1) is 29.3 Å². The second-order valence-corrected chi connectivity index (χ2v) is 6.46. The number of nitrogens with one attached hydrogen (secondary N) is 1. The first kappa shape index (κ1) is 14.0. The van der Waals surface area contributed by atoms with Crippen LogP contribution in [-0.2, 0) is 0 Å². The highest BCUT2D eigenvalue weighted by Gasteiger charge is 2.12. The number of nitrogens with zero attached hydrogens (tertiary/aromatic N) is 3. The lowest BCUT2D eigenvalue weighted by molar-refractivity contribution is 1.13. The zero-order valence-corrected chi connectivity index (χ0v) is 13.8. The van der Waals surface area contributed by atoms with Gasteiger partial charge in [0.15, 0.2) is 5.82 Å². The van der Waals surface area contributed by atoms with Crippen molar-refractivity contribution < 1.29 is 0 Å². The van der Waals surface area contributed by atoms with Gasteiger partial charge < -0.3 is 5.32 Å². The van der Waals surface area contributed by atoms with E-state index in [4.69, 9.17) is 0 Å². The highest BCUT2D eigenvalue weighted by atomic mass is 32.1. The van der Waals surface area contributed by atoms with Crippen molar-refractivity contribution in [2.24, 2.45) is 0 Å². The van der Waals surface area contributed by atoms with Crippen molar-refractivity contribution in [2.45, 2.75) is 13.8 Å². The number of hydrogen-bond acceptors (Lipinski definition) is 4. The average molecular weight is 320 g/mol.